The van der Waals surface area contributed by atoms with Gasteiger partial charge in [-0.15, -0.1) is 0 Å². The Morgan fingerprint density at radius 2 is 1.52 bits per heavy atom. The molecule has 4 heteroatoms. The molecular weight excluding hydrogens is 264 g/mol. The number of carbonyl (C=O) groups excluding carboxylic acids is 1. The molecule has 0 saturated heterocycles. The Labute approximate surface area is 124 Å². The number of carbonyl (C=O) groups is 1. The smallest absolute Gasteiger partial charge is 0.240 e. The summed E-state index contributed by atoms with van der Waals surface area (Å²) in [6.45, 7) is 0.197. The van der Waals surface area contributed by atoms with Crippen LogP contribution in [0.1, 0.15) is 17.2 Å². The fourth-order valence-corrected chi connectivity index (χ4v) is 2.15. The molecule has 2 aromatic rings. The summed E-state index contributed by atoms with van der Waals surface area (Å²) in [5.41, 5.74) is 7.83. The van der Waals surface area contributed by atoms with Gasteiger partial charge in [-0.3, -0.25) is 4.79 Å². The molecule has 0 aliphatic carbocycles. The van der Waals surface area contributed by atoms with Crippen LogP contribution in [0.25, 0.3) is 0 Å². The summed E-state index contributed by atoms with van der Waals surface area (Å²) in [4.78, 5) is 12.2. The van der Waals surface area contributed by atoms with Crippen LogP contribution in [0.15, 0.2) is 60.7 Å². The summed E-state index contributed by atoms with van der Waals surface area (Å²) in [7, 11) is 1.53. The van der Waals surface area contributed by atoms with E-state index >= 15 is 0 Å². The number of hydrogen-bond acceptors (Lipinski definition) is 3. The van der Waals surface area contributed by atoms with E-state index in [0.717, 1.165) is 11.1 Å². The monoisotopic (exact) mass is 284 g/mol. The van der Waals surface area contributed by atoms with Gasteiger partial charge in [0.2, 0.25) is 5.91 Å². The minimum Gasteiger partial charge on any atom is -0.383 e. The molecule has 0 heterocycles. The summed E-state index contributed by atoms with van der Waals surface area (Å²) in [5, 5.41) is 2.99. The molecule has 0 saturated carbocycles. The Kier molecular flexibility index (Phi) is 5.49. The van der Waals surface area contributed by atoms with Crippen molar-refractivity contribution < 1.29 is 9.53 Å². The molecule has 0 aliphatic rings. The van der Waals surface area contributed by atoms with Crippen LogP contribution in [0.4, 0.5) is 0 Å². The van der Waals surface area contributed by atoms with Gasteiger partial charge in [0.05, 0.1) is 12.6 Å². The van der Waals surface area contributed by atoms with Gasteiger partial charge in [-0.2, -0.15) is 0 Å². The highest BCUT2D eigenvalue weighted by Gasteiger charge is 2.20. The first-order chi connectivity index (χ1) is 10.2. The van der Waals surface area contributed by atoms with Crippen molar-refractivity contribution in [1.82, 2.24) is 5.32 Å². The predicted molar refractivity (Wildman–Crippen MR) is 82.7 cm³/mol. The van der Waals surface area contributed by atoms with Crippen molar-refractivity contribution >= 4 is 5.91 Å². The molecule has 110 valence electrons. The number of ether oxygens (including phenoxy) is 1. The number of rotatable bonds is 6. The van der Waals surface area contributed by atoms with Crippen molar-refractivity contribution in [3.05, 3.63) is 71.8 Å². The Hall–Kier alpha value is -2.17. The standard InChI is InChI=1S/C17H20N2O2/c1-21-12-15(18)17(20)19-16(13-8-4-2-5-9-13)14-10-6-3-7-11-14/h2-11,15-16H,12,18H2,1H3,(H,19,20). The van der Waals surface area contributed by atoms with Crippen molar-refractivity contribution in [2.75, 3.05) is 13.7 Å². The van der Waals surface area contributed by atoms with Crippen molar-refractivity contribution in [3.8, 4) is 0 Å². The van der Waals surface area contributed by atoms with Crippen LogP contribution in [0.5, 0.6) is 0 Å². The van der Waals surface area contributed by atoms with Crippen LogP contribution < -0.4 is 11.1 Å². The topological polar surface area (TPSA) is 64.3 Å². The summed E-state index contributed by atoms with van der Waals surface area (Å²) < 4.78 is 4.93. The van der Waals surface area contributed by atoms with Gasteiger partial charge in [0, 0.05) is 7.11 Å². The van der Waals surface area contributed by atoms with Gasteiger partial charge in [0.15, 0.2) is 0 Å². The van der Waals surface area contributed by atoms with E-state index in [2.05, 4.69) is 5.32 Å². The Bertz CT molecular complexity index is 518. The van der Waals surface area contributed by atoms with E-state index in [1.165, 1.54) is 7.11 Å². The SMILES string of the molecule is COCC(N)C(=O)NC(c1ccccc1)c1ccccc1. The van der Waals surface area contributed by atoms with E-state index in [9.17, 15) is 4.79 Å². The van der Waals surface area contributed by atoms with Crippen molar-refractivity contribution in [2.45, 2.75) is 12.1 Å². The summed E-state index contributed by atoms with van der Waals surface area (Å²) >= 11 is 0. The molecule has 21 heavy (non-hydrogen) atoms. The molecule has 0 fully saturated rings. The van der Waals surface area contributed by atoms with Crippen LogP contribution in [0.3, 0.4) is 0 Å². The lowest BCUT2D eigenvalue weighted by atomic mass is 9.98. The third kappa shape index (κ3) is 4.15. The zero-order chi connectivity index (χ0) is 15.1. The summed E-state index contributed by atoms with van der Waals surface area (Å²) in [6.07, 6.45) is 0. The van der Waals surface area contributed by atoms with Gasteiger partial charge in [-0.1, -0.05) is 60.7 Å². The highest BCUT2D eigenvalue weighted by atomic mass is 16.5. The Morgan fingerprint density at radius 3 is 1.95 bits per heavy atom. The summed E-state index contributed by atoms with van der Waals surface area (Å²) in [6, 6.07) is 18.7. The van der Waals surface area contributed by atoms with Gasteiger partial charge in [-0.05, 0) is 11.1 Å². The first-order valence-corrected chi connectivity index (χ1v) is 6.87. The fourth-order valence-electron chi connectivity index (χ4n) is 2.15. The van der Waals surface area contributed by atoms with Gasteiger partial charge in [0.1, 0.15) is 6.04 Å². The Balaban J connectivity index is 2.23. The zero-order valence-corrected chi connectivity index (χ0v) is 12.0. The predicted octanol–water partition coefficient (Wildman–Crippen LogP) is 1.87. The number of benzene rings is 2. The average molecular weight is 284 g/mol. The second-order valence-electron chi connectivity index (χ2n) is 4.82. The van der Waals surface area contributed by atoms with Crippen LogP contribution in [0.2, 0.25) is 0 Å². The number of hydrogen-bond donors (Lipinski definition) is 2. The highest BCUT2D eigenvalue weighted by molar-refractivity contribution is 5.82. The first kappa shape index (κ1) is 15.2. The average Bonchev–Trinajstić information content (AvgIpc) is 2.54. The van der Waals surface area contributed by atoms with E-state index in [1.54, 1.807) is 0 Å². The lowest BCUT2D eigenvalue weighted by Crippen LogP contribution is -2.45. The molecule has 0 bridgehead atoms. The third-order valence-electron chi connectivity index (χ3n) is 3.24. The molecule has 0 aliphatic heterocycles. The molecule has 1 atom stereocenters. The molecule has 3 N–H and O–H groups in total. The minimum atomic E-state index is -0.676. The molecule has 0 radical (unpaired) electrons. The molecule has 1 unspecified atom stereocenters. The molecule has 2 aromatic carbocycles. The molecule has 4 nitrogen and oxygen atoms in total. The maximum atomic E-state index is 12.2. The number of nitrogens with two attached hydrogens (primary N) is 1. The van der Waals surface area contributed by atoms with Crippen LogP contribution in [0, 0.1) is 0 Å². The fraction of sp³-hybridized carbons (Fsp3) is 0.235. The normalized spacial score (nSPS) is 12.1. The van der Waals surface area contributed by atoms with E-state index in [1.807, 2.05) is 60.7 Å². The van der Waals surface area contributed by atoms with E-state index in [0.29, 0.717) is 0 Å². The lowest BCUT2D eigenvalue weighted by Gasteiger charge is -2.22. The molecule has 0 aromatic heterocycles. The van der Waals surface area contributed by atoms with Crippen molar-refractivity contribution in [1.29, 1.82) is 0 Å². The van der Waals surface area contributed by atoms with Gasteiger partial charge < -0.3 is 15.8 Å². The number of amides is 1. The molecule has 1 amide bonds. The highest BCUT2D eigenvalue weighted by Crippen LogP contribution is 2.21. The second kappa shape index (κ2) is 7.57. The number of methoxy groups -OCH3 is 1. The van der Waals surface area contributed by atoms with Crippen LogP contribution >= 0.6 is 0 Å². The summed E-state index contributed by atoms with van der Waals surface area (Å²) in [5.74, 6) is -0.227. The lowest BCUT2D eigenvalue weighted by molar-refractivity contribution is -0.123. The van der Waals surface area contributed by atoms with Gasteiger partial charge >= 0.3 is 0 Å². The van der Waals surface area contributed by atoms with Crippen LogP contribution in [-0.4, -0.2) is 25.7 Å². The molecular formula is C17H20N2O2. The maximum absolute atomic E-state index is 12.2. The Morgan fingerprint density at radius 1 is 1.05 bits per heavy atom. The van der Waals surface area contributed by atoms with E-state index in [4.69, 9.17) is 10.5 Å². The third-order valence-corrected chi connectivity index (χ3v) is 3.24. The minimum absolute atomic E-state index is 0.197. The molecule has 0 spiro atoms. The maximum Gasteiger partial charge on any atom is 0.240 e. The largest absolute Gasteiger partial charge is 0.383 e. The quantitative estimate of drug-likeness (QED) is 0.851. The van der Waals surface area contributed by atoms with E-state index < -0.39 is 6.04 Å². The first-order valence-electron chi connectivity index (χ1n) is 6.87. The van der Waals surface area contributed by atoms with Gasteiger partial charge in [0.25, 0.3) is 0 Å². The van der Waals surface area contributed by atoms with Crippen molar-refractivity contribution in [3.63, 3.8) is 0 Å². The van der Waals surface area contributed by atoms with Crippen LogP contribution in [-0.2, 0) is 9.53 Å². The number of nitrogens with one attached hydrogen (secondary N) is 1. The second-order valence-corrected chi connectivity index (χ2v) is 4.82. The van der Waals surface area contributed by atoms with Crippen molar-refractivity contribution in [2.24, 2.45) is 5.73 Å². The zero-order valence-electron chi connectivity index (χ0n) is 12.0. The van der Waals surface area contributed by atoms with Gasteiger partial charge in [-0.25, -0.2) is 0 Å². The van der Waals surface area contributed by atoms with E-state index in [-0.39, 0.29) is 18.6 Å². The molecule has 2 rings (SSSR count).